The van der Waals surface area contributed by atoms with E-state index in [1.165, 1.54) is 0 Å². The molecular weight excluding hydrogens is 342 g/mol. The van der Waals surface area contributed by atoms with E-state index in [-0.39, 0.29) is 30.7 Å². The normalized spacial score (nSPS) is 10.5. The fraction of sp³-hybridized carbons (Fsp3) is 0.286. The lowest BCUT2D eigenvalue weighted by Crippen LogP contribution is -2.41. The number of nitrogens with one attached hydrogen (secondary N) is 2. The summed E-state index contributed by atoms with van der Waals surface area (Å²) < 4.78 is 0. The number of para-hydroxylation sites is 1. The van der Waals surface area contributed by atoms with Gasteiger partial charge in [-0.25, -0.2) is 0 Å². The van der Waals surface area contributed by atoms with E-state index in [9.17, 15) is 14.4 Å². The third kappa shape index (κ3) is 6.04. The number of ketones is 1. The maximum Gasteiger partial charge on any atom is 0.238 e. The number of anilines is 1. The maximum atomic E-state index is 12.7. The minimum Gasteiger partial charge on any atom is -0.355 e. The molecule has 2 N–H and O–H groups in total. The van der Waals surface area contributed by atoms with Crippen LogP contribution < -0.4 is 10.6 Å². The van der Waals surface area contributed by atoms with Crippen molar-refractivity contribution in [2.75, 3.05) is 31.5 Å². The Kier molecular flexibility index (Phi) is 7.70. The summed E-state index contributed by atoms with van der Waals surface area (Å²) in [7, 11) is 0. The van der Waals surface area contributed by atoms with E-state index >= 15 is 0 Å². The Labute approximate surface area is 159 Å². The van der Waals surface area contributed by atoms with Gasteiger partial charge in [-0.2, -0.15) is 0 Å². The first kappa shape index (κ1) is 20.3. The van der Waals surface area contributed by atoms with Crippen LogP contribution in [0.4, 0.5) is 5.69 Å². The van der Waals surface area contributed by atoms with Crippen LogP contribution in [0, 0.1) is 0 Å². The number of nitrogens with zero attached hydrogens (tertiary/aromatic N) is 1. The minimum atomic E-state index is -0.269. The Bertz CT molecular complexity index is 790. The zero-order valence-corrected chi connectivity index (χ0v) is 15.7. The quantitative estimate of drug-likeness (QED) is 0.667. The molecule has 0 unspecified atom stereocenters. The molecule has 2 aromatic rings. The monoisotopic (exact) mass is 367 g/mol. The second-order valence-electron chi connectivity index (χ2n) is 6.05. The summed E-state index contributed by atoms with van der Waals surface area (Å²) in [4.78, 5) is 38.6. The molecule has 2 aromatic carbocycles. The molecule has 0 aromatic heterocycles. The van der Waals surface area contributed by atoms with Gasteiger partial charge in [0.1, 0.15) is 0 Å². The fourth-order valence-electron chi connectivity index (χ4n) is 2.66. The highest BCUT2D eigenvalue weighted by Gasteiger charge is 2.17. The molecule has 0 atom stereocenters. The van der Waals surface area contributed by atoms with E-state index in [4.69, 9.17) is 0 Å². The average Bonchev–Trinajstić information content (AvgIpc) is 2.68. The van der Waals surface area contributed by atoms with Crippen molar-refractivity contribution >= 4 is 23.3 Å². The lowest BCUT2D eigenvalue weighted by atomic mass is 10.0. The van der Waals surface area contributed by atoms with E-state index in [1.54, 1.807) is 53.4 Å². The van der Waals surface area contributed by atoms with E-state index in [2.05, 4.69) is 10.6 Å². The lowest BCUT2D eigenvalue weighted by molar-refractivity contribution is -0.123. The molecule has 6 nitrogen and oxygen atoms in total. The molecule has 0 bridgehead atoms. The summed E-state index contributed by atoms with van der Waals surface area (Å²) in [5.74, 6) is -0.539. The first-order valence-corrected chi connectivity index (χ1v) is 9.02. The third-order valence-corrected chi connectivity index (χ3v) is 4.04. The second kappa shape index (κ2) is 10.2. The van der Waals surface area contributed by atoms with Crippen LogP contribution in [0.2, 0.25) is 0 Å². The fourth-order valence-corrected chi connectivity index (χ4v) is 2.66. The van der Waals surface area contributed by atoms with Gasteiger partial charge in [-0.3, -0.25) is 19.3 Å². The average molecular weight is 367 g/mol. The number of hydrogen-bond donors (Lipinski definition) is 2. The second-order valence-corrected chi connectivity index (χ2v) is 6.05. The highest BCUT2D eigenvalue weighted by molar-refractivity contribution is 6.13. The molecule has 6 heteroatoms. The molecule has 27 heavy (non-hydrogen) atoms. The number of carbonyl (C=O) groups is 3. The molecule has 0 spiro atoms. The van der Waals surface area contributed by atoms with E-state index < -0.39 is 0 Å². The van der Waals surface area contributed by atoms with Gasteiger partial charge in [0.05, 0.1) is 18.8 Å². The van der Waals surface area contributed by atoms with Crippen molar-refractivity contribution in [3.63, 3.8) is 0 Å². The minimum absolute atomic E-state index is 0.0709. The van der Waals surface area contributed by atoms with Gasteiger partial charge < -0.3 is 10.6 Å². The Hall–Kier alpha value is -2.99. The number of likely N-dealkylation sites (N-methyl/N-ethyl adjacent to an activating group) is 2. The number of hydrogen-bond acceptors (Lipinski definition) is 4. The van der Waals surface area contributed by atoms with Gasteiger partial charge in [0.15, 0.2) is 5.78 Å². The topological polar surface area (TPSA) is 78.5 Å². The highest BCUT2D eigenvalue weighted by atomic mass is 16.2. The van der Waals surface area contributed by atoms with Crippen LogP contribution in [0.1, 0.15) is 29.8 Å². The first-order chi connectivity index (χ1) is 13.0. The predicted octanol–water partition coefficient (Wildman–Crippen LogP) is 2.31. The molecule has 0 saturated heterocycles. The summed E-state index contributed by atoms with van der Waals surface area (Å²) in [6.07, 6.45) is 0. The summed E-state index contributed by atoms with van der Waals surface area (Å²) in [6, 6.07) is 15.9. The van der Waals surface area contributed by atoms with Gasteiger partial charge >= 0.3 is 0 Å². The van der Waals surface area contributed by atoms with Gasteiger partial charge in [0, 0.05) is 17.7 Å². The van der Waals surface area contributed by atoms with Crippen molar-refractivity contribution in [3.8, 4) is 0 Å². The highest BCUT2D eigenvalue weighted by Crippen LogP contribution is 2.19. The van der Waals surface area contributed by atoms with Crippen LogP contribution in [-0.2, 0) is 9.59 Å². The molecular formula is C21H25N3O3. The van der Waals surface area contributed by atoms with Gasteiger partial charge in [-0.05, 0) is 25.6 Å². The Morgan fingerprint density at radius 2 is 1.48 bits per heavy atom. The molecule has 2 amide bonds. The number of rotatable bonds is 9. The van der Waals surface area contributed by atoms with Crippen LogP contribution in [0.15, 0.2) is 54.6 Å². The van der Waals surface area contributed by atoms with Crippen LogP contribution >= 0.6 is 0 Å². The van der Waals surface area contributed by atoms with Gasteiger partial charge in [-0.15, -0.1) is 0 Å². The lowest BCUT2D eigenvalue weighted by Gasteiger charge is -2.19. The van der Waals surface area contributed by atoms with Crippen molar-refractivity contribution in [2.45, 2.75) is 13.8 Å². The van der Waals surface area contributed by atoms with Crippen molar-refractivity contribution < 1.29 is 14.4 Å². The Morgan fingerprint density at radius 3 is 2.15 bits per heavy atom. The summed E-state index contributed by atoms with van der Waals surface area (Å²) >= 11 is 0. The zero-order chi connectivity index (χ0) is 19.6. The molecule has 0 radical (unpaired) electrons. The SMILES string of the molecule is CCNC(=O)CN(CC)CC(=O)Nc1ccccc1C(=O)c1ccccc1. The van der Waals surface area contributed by atoms with Gasteiger partial charge in [-0.1, -0.05) is 49.4 Å². The van der Waals surface area contributed by atoms with E-state index in [0.29, 0.717) is 29.9 Å². The van der Waals surface area contributed by atoms with Crippen LogP contribution in [-0.4, -0.2) is 48.7 Å². The van der Waals surface area contributed by atoms with Crippen LogP contribution in [0.5, 0.6) is 0 Å². The smallest absolute Gasteiger partial charge is 0.238 e. The third-order valence-electron chi connectivity index (χ3n) is 4.04. The standard InChI is InChI=1S/C21H25N3O3/c1-3-22-19(25)14-24(4-2)15-20(26)23-18-13-9-8-12-17(18)21(27)16-10-6-5-7-11-16/h5-13H,3-4,14-15H2,1-2H3,(H,22,25)(H,23,26). The number of amides is 2. The first-order valence-electron chi connectivity index (χ1n) is 9.02. The summed E-state index contributed by atoms with van der Waals surface area (Å²) in [5, 5.41) is 5.52. The molecule has 0 aliphatic heterocycles. The van der Waals surface area contributed by atoms with Crippen molar-refractivity contribution in [2.24, 2.45) is 0 Å². The largest absolute Gasteiger partial charge is 0.355 e. The predicted molar refractivity (Wildman–Crippen MR) is 106 cm³/mol. The van der Waals surface area contributed by atoms with Crippen molar-refractivity contribution in [1.82, 2.24) is 10.2 Å². The van der Waals surface area contributed by atoms with Gasteiger partial charge in [0.25, 0.3) is 0 Å². The Morgan fingerprint density at radius 1 is 0.852 bits per heavy atom. The summed E-state index contributed by atoms with van der Waals surface area (Å²) in [6.45, 7) is 5.08. The molecule has 0 aliphatic carbocycles. The number of carbonyl (C=O) groups excluding carboxylic acids is 3. The number of benzene rings is 2. The zero-order valence-electron chi connectivity index (χ0n) is 15.7. The van der Waals surface area contributed by atoms with Gasteiger partial charge in [0.2, 0.25) is 11.8 Å². The van der Waals surface area contributed by atoms with E-state index in [1.807, 2.05) is 19.9 Å². The van der Waals surface area contributed by atoms with Crippen molar-refractivity contribution in [1.29, 1.82) is 0 Å². The van der Waals surface area contributed by atoms with Crippen LogP contribution in [0.3, 0.4) is 0 Å². The summed E-state index contributed by atoms with van der Waals surface area (Å²) in [5.41, 5.74) is 1.46. The molecule has 0 heterocycles. The van der Waals surface area contributed by atoms with E-state index in [0.717, 1.165) is 0 Å². The molecule has 0 fully saturated rings. The maximum absolute atomic E-state index is 12.7. The Balaban J connectivity index is 2.07. The molecule has 0 saturated carbocycles. The molecule has 2 rings (SSSR count). The molecule has 0 aliphatic rings. The van der Waals surface area contributed by atoms with Crippen molar-refractivity contribution in [3.05, 3.63) is 65.7 Å². The molecule has 142 valence electrons. The van der Waals surface area contributed by atoms with Crippen LogP contribution in [0.25, 0.3) is 0 Å².